The van der Waals surface area contributed by atoms with Crippen LogP contribution >= 0.6 is 23.2 Å². The third-order valence-electron chi connectivity index (χ3n) is 3.04. The number of quaternary nitrogens is 1. The molecule has 1 aromatic carbocycles. The van der Waals surface area contributed by atoms with Crippen LogP contribution in [0.5, 0.6) is 0 Å². The average Bonchev–Trinajstić information content (AvgIpc) is 2.40. The van der Waals surface area contributed by atoms with Gasteiger partial charge in [-0.15, -0.1) is 23.2 Å². The molecule has 0 bridgehead atoms. The number of nitrogens with two attached hydrogens (primary N) is 1. The summed E-state index contributed by atoms with van der Waals surface area (Å²) >= 11 is 11.9. The molecule has 1 aliphatic rings. The highest BCUT2D eigenvalue weighted by Crippen LogP contribution is 2.21. The van der Waals surface area contributed by atoms with Crippen LogP contribution in [0.15, 0.2) is 30.3 Å². The summed E-state index contributed by atoms with van der Waals surface area (Å²) in [6.07, 6.45) is 0.153. The number of alkyl halides is 2. The first-order valence-electron chi connectivity index (χ1n) is 5.42. The number of rotatable bonds is 3. The van der Waals surface area contributed by atoms with Crippen LogP contribution in [0, 0.1) is 0 Å². The minimum absolute atomic E-state index is 0. The molecule has 0 amide bonds. The Morgan fingerprint density at radius 1 is 1.24 bits per heavy atom. The largest absolute Gasteiger partial charge is 1.00 e. The van der Waals surface area contributed by atoms with Gasteiger partial charge < -0.3 is 22.5 Å². The van der Waals surface area contributed by atoms with E-state index >= 15 is 0 Å². The van der Waals surface area contributed by atoms with Gasteiger partial charge in [-0.25, -0.2) is 0 Å². The molecular formula is C12H16Cl3NO. The molecule has 1 atom stereocenters. The molecule has 1 aliphatic heterocycles. The van der Waals surface area contributed by atoms with E-state index in [4.69, 9.17) is 27.9 Å². The molecular weight excluding hydrogens is 280 g/mol. The van der Waals surface area contributed by atoms with Crippen molar-refractivity contribution in [1.29, 1.82) is 0 Å². The average molecular weight is 297 g/mol. The van der Waals surface area contributed by atoms with Crippen LogP contribution in [0.2, 0.25) is 0 Å². The van der Waals surface area contributed by atoms with Crippen molar-refractivity contribution in [2.75, 3.05) is 24.9 Å². The van der Waals surface area contributed by atoms with Gasteiger partial charge in [-0.2, -0.15) is 0 Å². The Morgan fingerprint density at radius 2 is 1.88 bits per heavy atom. The number of halogens is 3. The third kappa shape index (κ3) is 3.49. The maximum atomic E-state index is 5.94. The van der Waals surface area contributed by atoms with E-state index in [0.717, 1.165) is 6.54 Å². The summed E-state index contributed by atoms with van der Waals surface area (Å²) in [5.41, 5.74) is 1.07. The Bertz CT molecular complexity index is 320. The first-order chi connectivity index (χ1) is 7.79. The minimum Gasteiger partial charge on any atom is -1.00 e. The summed E-state index contributed by atoms with van der Waals surface area (Å²) in [4.78, 5) is 0. The molecule has 2 N–H and O–H groups in total. The van der Waals surface area contributed by atoms with Crippen molar-refractivity contribution in [1.82, 2.24) is 0 Å². The summed E-state index contributed by atoms with van der Waals surface area (Å²) in [7, 11) is 0. The van der Waals surface area contributed by atoms with E-state index in [-0.39, 0.29) is 24.0 Å². The monoisotopic (exact) mass is 295 g/mol. The number of hydrogen-bond acceptors (Lipinski definition) is 1. The van der Waals surface area contributed by atoms with Gasteiger partial charge in [0.2, 0.25) is 0 Å². The smallest absolute Gasteiger partial charge is 0.147 e. The first kappa shape index (κ1) is 15.1. The van der Waals surface area contributed by atoms with E-state index in [1.54, 1.807) is 0 Å². The fourth-order valence-electron chi connectivity index (χ4n) is 1.87. The highest BCUT2D eigenvalue weighted by molar-refractivity contribution is 6.21. The lowest BCUT2D eigenvalue weighted by Crippen LogP contribution is -3.02. The summed E-state index contributed by atoms with van der Waals surface area (Å²) in [6.45, 7) is 1.49. The predicted molar refractivity (Wildman–Crippen MR) is 66.1 cm³/mol. The van der Waals surface area contributed by atoms with Gasteiger partial charge in [-0.3, -0.25) is 0 Å². The van der Waals surface area contributed by atoms with Gasteiger partial charge in [0, 0.05) is 0 Å². The molecule has 17 heavy (non-hydrogen) atoms. The van der Waals surface area contributed by atoms with Crippen molar-refractivity contribution < 1.29 is 22.5 Å². The molecule has 1 fully saturated rings. The lowest BCUT2D eigenvalue weighted by atomic mass is 10.0. The fourth-order valence-corrected chi connectivity index (χ4v) is 2.53. The highest BCUT2D eigenvalue weighted by Gasteiger charge is 2.38. The van der Waals surface area contributed by atoms with E-state index < -0.39 is 0 Å². The van der Waals surface area contributed by atoms with Crippen LogP contribution in [-0.4, -0.2) is 30.5 Å². The number of benzene rings is 1. The maximum absolute atomic E-state index is 5.94. The fraction of sp³-hybridized carbons (Fsp3) is 0.500. The molecule has 0 radical (unpaired) electrons. The van der Waals surface area contributed by atoms with Crippen molar-refractivity contribution in [3.8, 4) is 0 Å². The van der Waals surface area contributed by atoms with E-state index in [1.807, 2.05) is 18.2 Å². The molecule has 1 unspecified atom stereocenters. The van der Waals surface area contributed by atoms with Gasteiger partial charge >= 0.3 is 0 Å². The van der Waals surface area contributed by atoms with E-state index in [1.165, 1.54) is 5.56 Å². The summed E-state index contributed by atoms with van der Waals surface area (Å²) in [5.74, 6) is 1.05. The van der Waals surface area contributed by atoms with Crippen molar-refractivity contribution in [2.24, 2.45) is 0 Å². The molecule has 1 aromatic rings. The van der Waals surface area contributed by atoms with Crippen molar-refractivity contribution in [2.45, 2.75) is 11.6 Å². The standard InChI is InChI=1S/C12H15Cl2NO.ClH/c13-7-12(8-14)9-16-11(6-15-12)10-4-2-1-3-5-10;/h1-5,11,15H,6-9H2;1H. The topological polar surface area (TPSA) is 25.8 Å². The molecule has 0 spiro atoms. The van der Waals surface area contributed by atoms with Gasteiger partial charge in [0.05, 0.1) is 11.8 Å². The molecule has 5 heteroatoms. The van der Waals surface area contributed by atoms with Crippen LogP contribution in [0.1, 0.15) is 11.7 Å². The lowest BCUT2D eigenvalue weighted by molar-refractivity contribution is -0.741. The zero-order chi connectivity index (χ0) is 11.4. The molecule has 2 nitrogen and oxygen atoms in total. The zero-order valence-corrected chi connectivity index (χ0v) is 11.7. The Morgan fingerprint density at radius 3 is 2.35 bits per heavy atom. The normalized spacial score (nSPS) is 22.8. The van der Waals surface area contributed by atoms with Gasteiger partial charge in [-0.1, -0.05) is 30.3 Å². The molecule has 1 heterocycles. The maximum Gasteiger partial charge on any atom is 0.147 e. The second-order valence-electron chi connectivity index (χ2n) is 4.28. The lowest BCUT2D eigenvalue weighted by Gasteiger charge is -2.35. The van der Waals surface area contributed by atoms with E-state index in [9.17, 15) is 0 Å². The highest BCUT2D eigenvalue weighted by atomic mass is 35.5. The number of ether oxygens (including phenoxy) is 1. The summed E-state index contributed by atoms with van der Waals surface area (Å²) in [6, 6.07) is 10.3. The molecule has 1 saturated heterocycles. The number of hydrogen-bond donors (Lipinski definition) is 1. The second-order valence-corrected chi connectivity index (χ2v) is 4.81. The Kier molecular flexibility index (Phi) is 6.04. The van der Waals surface area contributed by atoms with Crippen molar-refractivity contribution in [3.63, 3.8) is 0 Å². The molecule has 0 aromatic heterocycles. The molecule has 2 rings (SSSR count). The van der Waals surface area contributed by atoms with Crippen molar-refractivity contribution in [3.05, 3.63) is 35.9 Å². The number of morpholine rings is 1. The van der Waals surface area contributed by atoms with E-state index in [2.05, 4.69) is 17.4 Å². The van der Waals surface area contributed by atoms with Gasteiger partial charge in [0.25, 0.3) is 0 Å². The first-order valence-corrected chi connectivity index (χ1v) is 6.49. The van der Waals surface area contributed by atoms with Crippen LogP contribution in [0.3, 0.4) is 0 Å². The van der Waals surface area contributed by atoms with Crippen LogP contribution < -0.4 is 17.7 Å². The van der Waals surface area contributed by atoms with Gasteiger partial charge in [-0.05, 0) is 5.56 Å². The Labute approximate surface area is 118 Å². The SMILES string of the molecule is ClCC1(CCl)COC(c2ccccc2)C[NH2+]1.[Cl-]. The van der Waals surface area contributed by atoms with Gasteiger partial charge in [0.15, 0.2) is 0 Å². The molecule has 0 aliphatic carbocycles. The van der Waals surface area contributed by atoms with Gasteiger partial charge in [0.1, 0.15) is 24.8 Å². The van der Waals surface area contributed by atoms with Crippen LogP contribution in [0.25, 0.3) is 0 Å². The van der Waals surface area contributed by atoms with Crippen molar-refractivity contribution >= 4 is 23.2 Å². The van der Waals surface area contributed by atoms with Crippen LogP contribution in [-0.2, 0) is 4.74 Å². The molecule has 0 saturated carbocycles. The Hall–Kier alpha value is 0.01000. The minimum atomic E-state index is -0.144. The van der Waals surface area contributed by atoms with Crippen LogP contribution in [0.4, 0.5) is 0 Å². The van der Waals surface area contributed by atoms with E-state index in [0.29, 0.717) is 18.4 Å². The zero-order valence-electron chi connectivity index (χ0n) is 9.41. The molecule has 96 valence electrons. The Balaban J connectivity index is 0.00000144. The second kappa shape index (κ2) is 6.81. The summed E-state index contributed by atoms with van der Waals surface area (Å²) < 4.78 is 5.86. The quantitative estimate of drug-likeness (QED) is 0.678. The summed E-state index contributed by atoms with van der Waals surface area (Å²) in [5, 5.41) is 2.22. The third-order valence-corrected chi connectivity index (χ3v) is 4.11. The predicted octanol–water partition coefficient (Wildman–Crippen LogP) is -1.46.